The Morgan fingerprint density at radius 1 is 1.08 bits per heavy atom. The van der Waals surface area contributed by atoms with Gasteiger partial charge in [0.2, 0.25) is 0 Å². The fraction of sp³-hybridized carbons (Fsp3) is 0.158. The smallest absolute Gasteiger partial charge is 0.162 e. The molecule has 0 saturated heterocycles. The predicted octanol–water partition coefficient (Wildman–Crippen LogP) is 4.18. The molecule has 1 N–H and O–H groups in total. The highest BCUT2D eigenvalue weighted by molar-refractivity contribution is 5.97. The highest BCUT2D eigenvalue weighted by atomic mass is 16.5. The highest BCUT2D eigenvalue weighted by Gasteiger charge is 2.14. The van der Waals surface area contributed by atoms with Gasteiger partial charge in [0.15, 0.2) is 11.5 Å². The van der Waals surface area contributed by atoms with Crippen molar-refractivity contribution in [3.8, 4) is 17.6 Å². The van der Waals surface area contributed by atoms with E-state index in [2.05, 4.69) is 16.4 Å². The molecular formula is C19H17N3O2. The number of benzene rings is 2. The van der Waals surface area contributed by atoms with E-state index >= 15 is 0 Å². The van der Waals surface area contributed by atoms with E-state index in [4.69, 9.17) is 9.47 Å². The van der Waals surface area contributed by atoms with Crippen LogP contribution in [0.4, 0.5) is 11.4 Å². The van der Waals surface area contributed by atoms with E-state index in [0.717, 1.165) is 22.2 Å². The molecule has 1 heterocycles. The van der Waals surface area contributed by atoms with Gasteiger partial charge >= 0.3 is 0 Å². The van der Waals surface area contributed by atoms with Crippen LogP contribution in [0.3, 0.4) is 0 Å². The summed E-state index contributed by atoms with van der Waals surface area (Å²) in [6, 6.07) is 13.8. The van der Waals surface area contributed by atoms with Crippen molar-refractivity contribution in [1.82, 2.24) is 4.98 Å². The lowest BCUT2D eigenvalue weighted by atomic mass is 10.1. The van der Waals surface area contributed by atoms with Crippen LogP contribution in [0, 0.1) is 18.3 Å². The molecular weight excluding hydrogens is 302 g/mol. The number of aromatic nitrogens is 1. The molecule has 0 spiro atoms. The molecule has 0 aliphatic heterocycles. The van der Waals surface area contributed by atoms with Crippen molar-refractivity contribution < 1.29 is 9.47 Å². The standard InChI is InChI=1S/C19H17N3O2/c1-12-6-4-5-7-15(12)22-19-13(10-20)11-21-16-9-18(24-3)17(23-2)8-14(16)19/h4-9,11H,1-3H3,(H,21,22). The van der Waals surface area contributed by atoms with Gasteiger partial charge in [-0.15, -0.1) is 0 Å². The van der Waals surface area contributed by atoms with E-state index < -0.39 is 0 Å². The molecule has 24 heavy (non-hydrogen) atoms. The Hall–Kier alpha value is -3.26. The number of nitrogens with zero attached hydrogens (tertiary/aromatic N) is 2. The van der Waals surface area contributed by atoms with Gasteiger partial charge in [0, 0.05) is 23.3 Å². The summed E-state index contributed by atoms with van der Waals surface area (Å²) in [5.74, 6) is 1.19. The van der Waals surface area contributed by atoms with Crippen LogP contribution in [0.1, 0.15) is 11.1 Å². The number of ether oxygens (including phenoxy) is 2. The number of nitriles is 1. The molecule has 2 aromatic carbocycles. The Morgan fingerprint density at radius 2 is 1.79 bits per heavy atom. The van der Waals surface area contributed by atoms with Crippen molar-refractivity contribution in [2.24, 2.45) is 0 Å². The lowest BCUT2D eigenvalue weighted by molar-refractivity contribution is 0.356. The number of rotatable bonds is 4. The van der Waals surface area contributed by atoms with Crippen LogP contribution in [-0.4, -0.2) is 19.2 Å². The Balaban J connectivity index is 2.24. The molecule has 0 bridgehead atoms. The molecule has 5 nitrogen and oxygen atoms in total. The summed E-state index contributed by atoms with van der Waals surface area (Å²) >= 11 is 0. The second kappa shape index (κ2) is 6.47. The third kappa shape index (κ3) is 2.70. The Labute approximate surface area is 140 Å². The maximum Gasteiger partial charge on any atom is 0.162 e. The largest absolute Gasteiger partial charge is 0.493 e. The molecule has 0 unspecified atom stereocenters. The lowest BCUT2D eigenvalue weighted by Gasteiger charge is -2.15. The first-order valence-corrected chi connectivity index (χ1v) is 7.45. The topological polar surface area (TPSA) is 67.2 Å². The average molecular weight is 319 g/mol. The number of hydrogen-bond donors (Lipinski definition) is 1. The minimum Gasteiger partial charge on any atom is -0.493 e. The zero-order valence-electron chi connectivity index (χ0n) is 13.8. The summed E-state index contributed by atoms with van der Waals surface area (Å²) in [5, 5.41) is 13.6. The monoisotopic (exact) mass is 319 g/mol. The van der Waals surface area contributed by atoms with Gasteiger partial charge in [-0.25, -0.2) is 0 Å². The van der Waals surface area contributed by atoms with Crippen molar-refractivity contribution in [3.05, 3.63) is 53.7 Å². The van der Waals surface area contributed by atoms with Crippen molar-refractivity contribution >= 4 is 22.3 Å². The second-order valence-corrected chi connectivity index (χ2v) is 5.32. The van der Waals surface area contributed by atoms with E-state index in [-0.39, 0.29) is 0 Å². The Bertz CT molecular complexity index is 945. The Morgan fingerprint density at radius 3 is 2.46 bits per heavy atom. The number of methoxy groups -OCH3 is 2. The van der Waals surface area contributed by atoms with Crippen LogP contribution in [0.15, 0.2) is 42.6 Å². The van der Waals surface area contributed by atoms with E-state index in [9.17, 15) is 5.26 Å². The van der Waals surface area contributed by atoms with Crippen LogP contribution < -0.4 is 14.8 Å². The molecule has 0 fully saturated rings. The van der Waals surface area contributed by atoms with Gasteiger partial charge in [-0.3, -0.25) is 4.98 Å². The molecule has 1 aromatic heterocycles. The summed E-state index contributed by atoms with van der Waals surface area (Å²) in [6.07, 6.45) is 1.56. The quantitative estimate of drug-likeness (QED) is 0.781. The maximum atomic E-state index is 9.47. The fourth-order valence-electron chi connectivity index (χ4n) is 2.59. The van der Waals surface area contributed by atoms with Crippen LogP contribution in [0.2, 0.25) is 0 Å². The zero-order valence-corrected chi connectivity index (χ0v) is 13.8. The molecule has 0 radical (unpaired) electrons. The van der Waals surface area contributed by atoms with E-state index in [1.165, 1.54) is 0 Å². The van der Waals surface area contributed by atoms with Gasteiger partial charge < -0.3 is 14.8 Å². The highest BCUT2D eigenvalue weighted by Crippen LogP contribution is 2.37. The van der Waals surface area contributed by atoms with Gasteiger partial charge in [0.1, 0.15) is 6.07 Å². The minimum absolute atomic E-state index is 0.470. The lowest BCUT2D eigenvalue weighted by Crippen LogP contribution is -1.99. The first kappa shape index (κ1) is 15.6. The number of fused-ring (bicyclic) bond motifs is 1. The van der Waals surface area contributed by atoms with Crippen molar-refractivity contribution in [3.63, 3.8) is 0 Å². The summed E-state index contributed by atoms with van der Waals surface area (Å²) in [4.78, 5) is 4.36. The van der Waals surface area contributed by atoms with Crippen LogP contribution in [-0.2, 0) is 0 Å². The third-order valence-electron chi connectivity index (χ3n) is 3.90. The summed E-state index contributed by atoms with van der Waals surface area (Å²) in [7, 11) is 3.17. The summed E-state index contributed by atoms with van der Waals surface area (Å²) in [5.41, 5.74) is 3.93. The predicted molar refractivity (Wildman–Crippen MR) is 94.0 cm³/mol. The average Bonchev–Trinajstić information content (AvgIpc) is 2.62. The maximum absolute atomic E-state index is 9.47. The van der Waals surface area contributed by atoms with Gasteiger partial charge in [0.25, 0.3) is 0 Å². The number of hydrogen-bond acceptors (Lipinski definition) is 5. The first-order chi connectivity index (χ1) is 11.7. The minimum atomic E-state index is 0.470. The molecule has 0 aliphatic rings. The molecule has 0 aliphatic carbocycles. The molecule has 0 amide bonds. The van der Waals surface area contributed by atoms with Crippen LogP contribution >= 0.6 is 0 Å². The third-order valence-corrected chi connectivity index (χ3v) is 3.90. The number of anilines is 2. The Kier molecular flexibility index (Phi) is 4.21. The number of pyridine rings is 1. The van der Waals surface area contributed by atoms with Gasteiger partial charge in [-0.2, -0.15) is 5.26 Å². The van der Waals surface area contributed by atoms with Crippen LogP contribution in [0.25, 0.3) is 10.9 Å². The van der Waals surface area contributed by atoms with Crippen molar-refractivity contribution in [2.75, 3.05) is 19.5 Å². The number of aryl methyl sites for hydroxylation is 1. The molecule has 3 rings (SSSR count). The van der Waals surface area contributed by atoms with Gasteiger partial charge in [0.05, 0.1) is 31.0 Å². The van der Waals surface area contributed by atoms with Crippen molar-refractivity contribution in [2.45, 2.75) is 6.92 Å². The number of para-hydroxylation sites is 1. The summed E-state index contributed by atoms with van der Waals surface area (Å²) in [6.45, 7) is 2.02. The zero-order chi connectivity index (χ0) is 17.1. The van der Waals surface area contributed by atoms with Crippen LogP contribution in [0.5, 0.6) is 11.5 Å². The van der Waals surface area contributed by atoms with Crippen molar-refractivity contribution in [1.29, 1.82) is 5.26 Å². The molecule has 5 heteroatoms. The summed E-state index contributed by atoms with van der Waals surface area (Å²) < 4.78 is 10.7. The van der Waals surface area contributed by atoms with E-state index in [1.54, 1.807) is 26.5 Å². The fourth-order valence-corrected chi connectivity index (χ4v) is 2.59. The van der Waals surface area contributed by atoms with Gasteiger partial charge in [-0.05, 0) is 24.6 Å². The normalized spacial score (nSPS) is 10.2. The molecule has 0 atom stereocenters. The SMILES string of the molecule is COc1cc2ncc(C#N)c(Nc3ccccc3C)c2cc1OC. The second-order valence-electron chi connectivity index (χ2n) is 5.32. The molecule has 120 valence electrons. The molecule has 0 saturated carbocycles. The first-order valence-electron chi connectivity index (χ1n) is 7.45. The van der Waals surface area contributed by atoms with E-state index in [1.807, 2.05) is 37.3 Å². The number of nitrogens with one attached hydrogen (secondary N) is 1. The molecule has 3 aromatic rings. The van der Waals surface area contributed by atoms with Gasteiger partial charge in [-0.1, -0.05) is 18.2 Å². The van der Waals surface area contributed by atoms with E-state index in [0.29, 0.717) is 22.7 Å².